The molecule has 0 aliphatic carbocycles. The fourth-order valence-electron chi connectivity index (χ4n) is 9.01. The largest absolute Gasteiger partial charge is 0.411 e. The van der Waals surface area contributed by atoms with E-state index in [9.17, 15) is 4.79 Å². The van der Waals surface area contributed by atoms with Gasteiger partial charge in [0.25, 0.3) is 8.32 Å². The van der Waals surface area contributed by atoms with Crippen molar-refractivity contribution in [3.63, 3.8) is 0 Å². The third-order valence-corrected chi connectivity index (χ3v) is 21.9. The van der Waals surface area contributed by atoms with Gasteiger partial charge in [-0.25, -0.2) is 0 Å². The number of benzene rings is 2. The summed E-state index contributed by atoms with van der Waals surface area (Å²) >= 11 is 0. The van der Waals surface area contributed by atoms with E-state index >= 15 is 0 Å². The lowest BCUT2D eigenvalue weighted by Crippen LogP contribution is -2.67. The molecule has 0 aromatic heterocycles. The Hall–Kier alpha value is -2.00. The molecule has 55 heavy (non-hydrogen) atoms. The molecule has 3 fully saturated rings. The summed E-state index contributed by atoms with van der Waals surface area (Å²) in [6.45, 7) is 23.8. The zero-order chi connectivity index (χ0) is 39.9. The van der Waals surface area contributed by atoms with E-state index in [0.29, 0.717) is 52.1 Å². The van der Waals surface area contributed by atoms with Crippen LogP contribution in [-0.2, 0) is 37.3 Å². The van der Waals surface area contributed by atoms with Gasteiger partial charge in [0.1, 0.15) is 11.9 Å². The maximum atomic E-state index is 13.9. The zero-order valence-corrected chi connectivity index (χ0v) is 37.5. The highest BCUT2D eigenvalue weighted by molar-refractivity contribution is 6.99. The van der Waals surface area contributed by atoms with Crippen molar-refractivity contribution in [3.05, 3.63) is 72.3 Å². The first-order chi connectivity index (χ1) is 26.1. The van der Waals surface area contributed by atoms with E-state index < -0.39 is 28.2 Å². The molecule has 3 heterocycles. The summed E-state index contributed by atoms with van der Waals surface area (Å²) in [6, 6.07) is 24.7. The summed E-state index contributed by atoms with van der Waals surface area (Å²) in [6.07, 6.45) is 4.46. The molecule has 3 saturated heterocycles. The van der Waals surface area contributed by atoms with E-state index in [0.717, 1.165) is 30.1 Å². The second-order valence-electron chi connectivity index (χ2n) is 17.7. The van der Waals surface area contributed by atoms with Gasteiger partial charge in [-0.05, 0) is 60.7 Å². The third kappa shape index (κ3) is 10.7. The molecule has 8 nitrogen and oxygen atoms in total. The molecule has 2 aromatic rings. The van der Waals surface area contributed by atoms with E-state index in [1.54, 1.807) is 0 Å². The Morgan fingerprint density at radius 2 is 1.51 bits per heavy atom. The average molecular weight is 795 g/mol. The molecular weight excluding hydrogens is 725 g/mol. The Labute approximate surface area is 334 Å². The molecule has 0 bridgehead atoms. The van der Waals surface area contributed by atoms with Gasteiger partial charge < -0.3 is 32.5 Å². The van der Waals surface area contributed by atoms with Crippen LogP contribution in [0.5, 0.6) is 0 Å². The number of carbonyl (C=O) groups excluding carboxylic acids is 1. The molecule has 306 valence electrons. The van der Waals surface area contributed by atoms with Gasteiger partial charge in [-0.15, -0.1) is 0 Å². The monoisotopic (exact) mass is 794 g/mol. The van der Waals surface area contributed by atoms with Gasteiger partial charge in [-0.3, -0.25) is 4.79 Å². The van der Waals surface area contributed by atoms with Crippen molar-refractivity contribution in [2.75, 3.05) is 26.4 Å². The van der Waals surface area contributed by atoms with Crippen LogP contribution in [-0.4, -0.2) is 84.8 Å². The van der Waals surface area contributed by atoms with Crippen LogP contribution in [0, 0.1) is 5.92 Å². The maximum absolute atomic E-state index is 13.9. The number of ether oxygens (including phenoxy) is 5. The summed E-state index contributed by atoms with van der Waals surface area (Å²) in [5, 5.41) is 2.38. The predicted octanol–water partition coefficient (Wildman–Crippen LogP) is 8.72. The van der Waals surface area contributed by atoms with Gasteiger partial charge in [0, 0.05) is 31.6 Å². The molecular formula is C45H70O8Si2. The summed E-state index contributed by atoms with van der Waals surface area (Å²) in [5.74, 6) is -1.39. The number of carbonyl (C=O) groups is 1. The SMILES string of the molecule is CC[Si](CC)(CC)O[C@@H]1C[C@@H](CO[Si](c2ccccc2)(c2ccccc2)C(C)(C)C)O[C@@H]1C[C@@H](C)C(=O)CCC1(C/C(C)=C\[C@H]2COC(C)(C)O2)OCCO1. The Kier molecular flexibility index (Phi) is 15.0. The summed E-state index contributed by atoms with van der Waals surface area (Å²) in [5.41, 5.74) is 1.11. The Bertz CT molecular complexity index is 1480. The van der Waals surface area contributed by atoms with Crippen LogP contribution in [0.1, 0.15) is 101 Å². The maximum Gasteiger partial charge on any atom is 0.261 e. The van der Waals surface area contributed by atoms with Crippen LogP contribution in [0.4, 0.5) is 0 Å². The van der Waals surface area contributed by atoms with Crippen LogP contribution in [0.25, 0.3) is 0 Å². The first kappa shape index (κ1) is 44.1. The lowest BCUT2D eigenvalue weighted by molar-refractivity contribution is -0.164. The Morgan fingerprint density at radius 3 is 2.02 bits per heavy atom. The smallest absolute Gasteiger partial charge is 0.261 e. The predicted molar refractivity (Wildman–Crippen MR) is 225 cm³/mol. The molecule has 2 aromatic carbocycles. The third-order valence-electron chi connectivity index (χ3n) is 12.3. The van der Waals surface area contributed by atoms with Crippen molar-refractivity contribution in [1.82, 2.24) is 0 Å². The second-order valence-corrected chi connectivity index (χ2v) is 26.7. The summed E-state index contributed by atoms with van der Waals surface area (Å²) < 4.78 is 45.7. The highest BCUT2D eigenvalue weighted by atomic mass is 28.4. The number of Topliss-reactive ketones (excluding diaryl/α,β-unsaturated/α-hetero) is 1. The van der Waals surface area contributed by atoms with Crippen LogP contribution in [0.15, 0.2) is 72.3 Å². The number of rotatable bonds is 19. The summed E-state index contributed by atoms with van der Waals surface area (Å²) in [7, 11) is -4.70. The fraction of sp³-hybridized carbons (Fsp3) is 0.667. The molecule has 0 amide bonds. The molecule has 0 N–H and O–H groups in total. The number of hydrogen-bond donors (Lipinski definition) is 0. The van der Waals surface area contributed by atoms with E-state index in [-0.39, 0.29) is 41.2 Å². The standard InChI is InChI=1S/C45H70O8Si2/c1-11-54(12-2,13-3)53-42-30-36(33-50-55(43(6,7)8,38-20-16-14-17-21-38)39-22-18-15-19-23-39)51-41(42)29-35(5)40(46)24-25-45(47-26-27-48-45)31-34(4)28-37-32-49-44(9,10)52-37/h14-23,28,35-37,41-42H,11-13,24-27,29-33H2,1-10H3/b34-28-/t35-,36+,37+,41-,42-/m1/s1. The summed E-state index contributed by atoms with van der Waals surface area (Å²) in [4.78, 5) is 13.9. The minimum atomic E-state index is -2.75. The van der Waals surface area contributed by atoms with E-state index in [1.807, 2.05) is 20.8 Å². The quantitative estimate of drug-likeness (QED) is 0.103. The van der Waals surface area contributed by atoms with Crippen molar-refractivity contribution in [1.29, 1.82) is 0 Å². The molecule has 3 aliphatic rings. The molecule has 0 radical (unpaired) electrons. The average Bonchev–Trinajstić information content (AvgIpc) is 3.88. The number of ketones is 1. The van der Waals surface area contributed by atoms with Gasteiger partial charge >= 0.3 is 0 Å². The molecule has 10 heteroatoms. The van der Waals surface area contributed by atoms with Crippen molar-refractivity contribution < 1.29 is 37.3 Å². The molecule has 3 aliphatic heterocycles. The van der Waals surface area contributed by atoms with Gasteiger partial charge in [-0.2, -0.15) is 0 Å². The Balaban J connectivity index is 1.29. The molecule has 0 saturated carbocycles. The van der Waals surface area contributed by atoms with Gasteiger partial charge in [0.15, 0.2) is 19.9 Å². The van der Waals surface area contributed by atoms with Crippen LogP contribution < -0.4 is 10.4 Å². The van der Waals surface area contributed by atoms with Crippen molar-refractivity contribution in [2.24, 2.45) is 5.92 Å². The fourth-order valence-corrected chi connectivity index (χ4v) is 16.5. The zero-order valence-electron chi connectivity index (χ0n) is 35.5. The Morgan fingerprint density at radius 1 is 0.927 bits per heavy atom. The van der Waals surface area contributed by atoms with Crippen LogP contribution in [0.2, 0.25) is 23.2 Å². The lowest BCUT2D eigenvalue weighted by atomic mass is 9.91. The van der Waals surface area contributed by atoms with E-state index in [2.05, 4.69) is 115 Å². The van der Waals surface area contributed by atoms with Crippen LogP contribution in [0.3, 0.4) is 0 Å². The molecule has 0 unspecified atom stereocenters. The minimum absolute atomic E-state index is 0.0677. The first-order valence-electron chi connectivity index (χ1n) is 21.0. The highest BCUT2D eigenvalue weighted by Crippen LogP contribution is 2.40. The number of hydrogen-bond acceptors (Lipinski definition) is 8. The topological polar surface area (TPSA) is 81.7 Å². The minimum Gasteiger partial charge on any atom is -0.411 e. The van der Waals surface area contributed by atoms with Gasteiger partial charge in [0.05, 0.1) is 44.7 Å². The van der Waals surface area contributed by atoms with Crippen molar-refractivity contribution in [3.8, 4) is 0 Å². The second kappa shape index (κ2) is 18.7. The highest BCUT2D eigenvalue weighted by Gasteiger charge is 2.51. The van der Waals surface area contributed by atoms with Gasteiger partial charge in [0.2, 0.25) is 0 Å². The van der Waals surface area contributed by atoms with Crippen molar-refractivity contribution >= 4 is 32.8 Å². The van der Waals surface area contributed by atoms with E-state index in [1.165, 1.54) is 10.4 Å². The van der Waals surface area contributed by atoms with Crippen LogP contribution >= 0.6 is 0 Å². The van der Waals surface area contributed by atoms with E-state index in [4.69, 9.17) is 32.5 Å². The lowest BCUT2D eigenvalue weighted by Gasteiger charge is -2.43. The van der Waals surface area contributed by atoms with Gasteiger partial charge in [-0.1, -0.05) is 121 Å². The normalized spacial score (nSPS) is 25.0. The first-order valence-corrected chi connectivity index (χ1v) is 25.4. The molecule has 0 spiro atoms. The molecule has 5 atom stereocenters. The van der Waals surface area contributed by atoms with Crippen molar-refractivity contribution in [2.45, 2.75) is 161 Å². The molecule has 5 rings (SSSR count).